The zero-order chi connectivity index (χ0) is 10.8. The van der Waals surface area contributed by atoms with Crippen molar-refractivity contribution in [1.29, 1.82) is 0 Å². The van der Waals surface area contributed by atoms with Crippen LogP contribution in [0.4, 0.5) is 4.39 Å². The lowest BCUT2D eigenvalue weighted by Crippen LogP contribution is -1.98. The summed E-state index contributed by atoms with van der Waals surface area (Å²) in [6.07, 6.45) is 0. The van der Waals surface area contributed by atoms with Crippen LogP contribution in [0.15, 0.2) is 18.2 Å². The molecule has 2 aromatic rings. The summed E-state index contributed by atoms with van der Waals surface area (Å²) in [5, 5.41) is 0. The number of hydrogen-bond donors (Lipinski definition) is 0. The van der Waals surface area contributed by atoms with Gasteiger partial charge >= 0.3 is 0 Å². The maximum atomic E-state index is 13.0. The van der Waals surface area contributed by atoms with Gasteiger partial charge in [0.15, 0.2) is 0 Å². The molecule has 1 heterocycles. The van der Waals surface area contributed by atoms with Crippen molar-refractivity contribution in [2.24, 2.45) is 0 Å². The molecule has 0 saturated carbocycles. The van der Waals surface area contributed by atoms with Crippen LogP contribution in [0.2, 0.25) is 0 Å². The van der Waals surface area contributed by atoms with E-state index in [2.05, 4.69) is 55.1 Å². The summed E-state index contributed by atoms with van der Waals surface area (Å²) >= 11 is 4.51. The second kappa shape index (κ2) is 4.86. The van der Waals surface area contributed by atoms with E-state index in [0.29, 0.717) is 5.52 Å². The van der Waals surface area contributed by atoms with Crippen LogP contribution in [-0.4, -0.2) is 9.97 Å². The molecule has 15 heavy (non-hydrogen) atoms. The van der Waals surface area contributed by atoms with Gasteiger partial charge in [-0.1, -0.05) is 45.2 Å². The van der Waals surface area contributed by atoms with Gasteiger partial charge in [-0.25, -0.2) is 14.4 Å². The highest BCUT2D eigenvalue weighted by atomic mass is 127. The second-order valence-corrected chi connectivity index (χ2v) is 4.54. The van der Waals surface area contributed by atoms with Gasteiger partial charge in [-0.3, -0.25) is 0 Å². The molecule has 0 fully saturated rings. The van der Waals surface area contributed by atoms with E-state index in [0.717, 1.165) is 25.8 Å². The molecule has 0 bridgehead atoms. The fourth-order valence-corrected chi connectivity index (χ4v) is 2.54. The predicted molar refractivity (Wildman–Crippen MR) is 74.9 cm³/mol. The maximum Gasteiger partial charge on any atom is 0.125 e. The number of rotatable bonds is 2. The molecule has 0 saturated heterocycles. The highest BCUT2D eigenvalue weighted by Gasteiger charge is 2.07. The van der Waals surface area contributed by atoms with Crippen molar-refractivity contribution in [3.63, 3.8) is 0 Å². The van der Waals surface area contributed by atoms with Crippen molar-refractivity contribution in [3.8, 4) is 0 Å². The highest BCUT2D eigenvalue weighted by Crippen LogP contribution is 2.18. The lowest BCUT2D eigenvalue weighted by atomic mass is 10.2. The minimum Gasteiger partial charge on any atom is -0.248 e. The molecule has 5 heteroatoms. The Hall–Kier alpha value is -0.0500. The molecule has 2 rings (SSSR count). The van der Waals surface area contributed by atoms with Crippen molar-refractivity contribution < 1.29 is 4.39 Å². The quantitative estimate of drug-likeness (QED) is 0.540. The minimum absolute atomic E-state index is 0.265. The molecule has 1 aromatic carbocycles. The summed E-state index contributed by atoms with van der Waals surface area (Å²) in [6.45, 7) is 0. The molecule has 0 spiro atoms. The molecule has 0 aliphatic carbocycles. The first kappa shape index (κ1) is 11.4. The van der Waals surface area contributed by atoms with Gasteiger partial charge in [0.2, 0.25) is 0 Å². The van der Waals surface area contributed by atoms with Gasteiger partial charge in [0.25, 0.3) is 0 Å². The SMILES string of the molecule is Fc1ccc2nc(CI)c(CI)nc2c1. The average Bonchev–Trinajstić information content (AvgIpc) is 2.27. The van der Waals surface area contributed by atoms with Crippen molar-refractivity contribution in [2.75, 3.05) is 0 Å². The maximum absolute atomic E-state index is 13.0. The van der Waals surface area contributed by atoms with Crippen LogP contribution in [0.5, 0.6) is 0 Å². The largest absolute Gasteiger partial charge is 0.248 e. The zero-order valence-electron chi connectivity index (χ0n) is 7.67. The summed E-state index contributed by atoms with van der Waals surface area (Å²) in [6, 6.07) is 4.51. The first-order valence-electron chi connectivity index (χ1n) is 4.31. The van der Waals surface area contributed by atoms with Gasteiger partial charge < -0.3 is 0 Å². The molecule has 78 valence electrons. The van der Waals surface area contributed by atoms with E-state index in [9.17, 15) is 4.39 Å². The Morgan fingerprint density at radius 3 is 2.20 bits per heavy atom. The Bertz CT molecular complexity index is 502. The topological polar surface area (TPSA) is 25.8 Å². The summed E-state index contributed by atoms with van der Waals surface area (Å²) in [7, 11) is 0. The zero-order valence-corrected chi connectivity index (χ0v) is 12.0. The fraction of sp³-hybridized carbons (Fsp3) is 0.200. The van der Waals surface area contributed by atoms with Crippen LogP contribution in [0, 0.1) is 5.82 Å². The van der Waals surface area contributed by atoms with Crippen molar-refractivity contribution in [1.82, 2.24) is 9.97 Å². The number of alkyl halides is 2. The monoisotopic (exact) mass is 428 g/mol. The molecule has 0 aliphatic rings. The Morgan fingerprint density at radius 1 is 1.00 bits per heavy atom. The van der Waals surface area contributed by atoms with Gasteiger partial charge in [-0.15, -0.1) is 0 Å². The fourth-order valence-electron chi connectivity index (χ4n) is 1.31. The molecular weight excluding hydrogens is 421 g/mol. The van der Waals surface area contributed by atoms with E-state index in [4.69, 9.17) is 0 Å². The van der Waals surface area contributed by atoms with Crippen LogP contribution in [0.25, 0.3) is 11.0 Å². The highest BCUT2D eigenvalue weighted by molar-refractivity contribution is 14.1. The van der Waals surface area contributed by atoms with E-state index in [1.54, 1.807) is 6.07 Å². The van der Waals surface area contributed by atoms with E-state index >= 15 is 0 Å². The van der Waals surface area contributed by atoms with Crippen LogP contribution in [0.3, 0.4) is 0 Å². The minimum atomic E-state index is -0.265. The predicted octanol–water partition coefficient (Wildman–Crippen LogP) is 3.64. The van der Waals surface area contributed by atoms with Gasteiger partial charge in [-0.2, -0.15) is 0 Å². The average molecular weight is 428 g/mol. The van der Waals surface area contributed by atoms with Gasteiger partial charge in [0.05, 0.1) is 22.4 Å². The summed E-state index contributed by atoms with van der Waals surface area (Å²) in [5.74, 6) is -0.265. The Kier molecular flexibility index (Phi) is 3.70. The molecule has 0 aliphatic heterocycles. The van der Waals surface area contributed by atoms with E-state index in [1.807, 2.05) is 0 Å². The Morgan fingerprint density at radius 2 is 1.60 bits per heavy atom. The molecule has 0 unspecified atom stereocenters. The first-order chi connectivity index (χ1) is 7.24. The number of fused-ring (bicyclic) bond motifs is 1. The summed E-state index contributed by atoms with van der Waals surface area (Å²) in [4.78, 5) is 8.87. The Labute approximate surface area is 114 Å². The lowest BCUT2D eigenvalue weighted by molar-refractivity contribution is 0.629. The third-order valence-corrected chi connectivity index (χ3v) is 3.48. The molecular formula is C10H7FI2N2. The lowest BCUT2D eigenvalue weighted by Gasteiger charge is -2.04. The van der Waals surface area contributed by atoms with E-state index in [-0.39, 0.29) is 5.82 Å². The standard InChI is InChI=1S/C10H7FI2N2/c11-6-1-2-7-8(3-6)15-10(5-13)9(4-12)14-7/h1-3H,4-5H2. The normalized spacial score (nSPS) is 10.9. The molecule has 0 amide bonds. The molecule has 2 nitrogen and oxygen atoms in total. The number of benzene rings is 1. The summed E-state index contributed by atoms with van der Waals surface area (Å²) < 4.78 is 14.6. The van der Waals surface area contributed by atoms with Crippen molar-refractivity contribution in [2.45, 2.75) is 8.86 Å². The van der Waals surface area contributed by atoms with Crippen LogP contribution < -0.4 is 0 Å². The molecule has 1 aromatic heterocycles. The third-order valence-electron chi connectivity index (χ3n) is 2.03. The van der Waals surface area contributed by atoms with Gasteiger partial charge in [0.1, 0.15) is 5.82 Å². The number of aromatic nitrogens is 2. The second-order valence-electron chi connectivity index (χ2n) is 3.02. The van der Waals surface area contributed by atoms with Gasteiger partial charge in [-0.05, 0) is 12.1 Å². The van der Waals surface area contributed by atoms with Crippen LogP contribution >= 0.6 is 45.2 Å². The van der Waals surface area contributed by atoms with Crippen LogP contribution in [0.1, 0.15) is 11.4 Å². The summed E-state index contributed by atoms with van der Waals surface area (Å²) in [5.41, 5.74) is 3.33. The van der Waals surface area contributed by atoms with Crippen molar-refractivity contribution in [3.05, 3.63) is 35.4 Å². The molecule has 0 radical (unpaired) electrons. The molecule has 0 atom stereocenters. The third kappa shape index (κ3) is 2.38. The Balaban J connectivity index is 2.69. The molecule has 0 N–H and O–H groups in total. The number of hydrogen-bond acceptors (Lipinski definition) is 2. The number of halogens is 3. The van der Waals surface area contributed by atoms with E-state index < -0.39 is 0 Å². The smallest absolute Gasteiger partial charge is 0.125 e. The first-order valence-corrected chi connectivity index (χ1v) is 7.36. The number of nitrogens with zero attached hydrogens (tertiary/aromatic N) is 2. The van der Waals surface area contributed by atoms with Gasteiger partial charge in [0, 0.05) is 14.9 Å². The van der Waals surface area contributed by atoms with Crippen molar-refractivity contribution >= 4 is 56.2 Å². The van der Waals surface area contributed by atoms with Crippen LogP contribution in [-0.2, 0) is 8.86 Å². The van der Waals surface area contributed by atoms with E-state index in [1.165, 1.54) is 12.1 Å².